The molecule has 1 aliphatic heterocycles. The molecular formula is C17H17Cl2NO5S. The molecule has 1 atom stereocenters. The quantitative estimate of drug-likeness (QED) is 0.780. The summed E-state index contributed by atoms with van der Waals surface area (Å²) in [7, 11) is -3.91. The van der Waals surface area contributed by atoms with Gasteiger partial charge in [0.15, 0.2) is 11.5 Å². The van der Waals surface area contributed by atoms with Crippen LogP contribution in [0.4, 0.5) is 0 Å². The number of ether oxygens (including phenoxy) is 2. The van der Waals surface area contributed by atoms with Crippen molar-refractivity contribution in [1.29, 1.82) is 0 Å². The zero-order valence-electron chi connectivity index (χ0n) is 13.8. The first-order valence-corrected chi connectivity index (χ1v) is 10.0. The fourth-order valence-corrected chi connectivity index (χ4v) is 4.36. The van der Waals surface area contributed by atoms with Gasteiger partial charge in [-0.25, -0.2) is 13.1 Å². The summed E-state index contributed by atoms with van der Waals surface area (Å²) >= 11 is 11.9. The largest absolute Gasteiger partial charge is 0.486 e. The highest BCUT2D eigenvalue weighted by Gasteiger charge is 2.22. The van der Waals surface area contributed by atoms with Gasteiger partial charge in [0.1, 0.15) is 18.1 Å². The first-order valence-electron chi connectivity index (χ1n) is 7.81. The lowest BCUT2D eigenvalue weighted by Crippen LogP contribution is -2.29. The van der Waals surface area contributed by atoms with Gasteiger partial charge in [-0.15, -0.1) is 0 Å². The summed E-state index contributed by atoms with van der Waals surface area (Å²) < 4.78 is 38.2. The summed E-state index contributed by atoms with van der Waals surface area (Å²) in [5, 5.41) is 10.7. The van der Waals surface area contributed by atoms with Gasteiger partial charge in [0, 0.05) is 11.6 Å². The highest BCUT2D eigenvalue weighted by atomic mass is 35.5. The summed E-state index contributed by atoms with van der Waals surface area (Å²) in [6, 6.07) is 7.74. The molecule has 2 aromatic carbocycles. The maximum atomic E-state index is 12.5. The van der Waals surface area contributed by atoms with Crippen LogP contribution < -0.4 is 14.2 Å². The monoisotopic (exact) mass is 417 g/mol. The standard InChI is InChI=1S/C17H17Cl2NO5S/c1-10-6-17(13(19)8-12(10)18)26(22,23)20-9-14(21)11-2-3-15-16(7-11)25-5-4-24-15/h2-3,6-8,14,20-21H,4-5,9H2,1H3/t14-/m0/s1. The number of aliphatic hydroxyl groups is 1. The second-order valence-electron chi connectivity index (χ2n) is 5.80. The fourth-order valence-electron chi connectivity index (χ4n) is 2.49. The molecule has 1 heterocycles. The molecule has 1 aliphatic rings. The predicted molar refractivity (Wildman–Crippen MR) is 98.8 cm³/mol. The average molecular weight is 418 g/mol. The predicted octanol–water partition coefficient (Wildman–Crippen LogP) is 3.08. The van der Waals surface area contributed by atoms with Crippen molar-refractivity contribution >= 4 is 33.2 Å². The summed E-state index contributed by atoms with van der Waals surface area (Å²) in [6.45, 7) is 2.35. The highest BCUT2D eigenvalue weighted by molar-refractivity contribution is 7.89. The molecule has 0 saturated carbocycles. The Labute approximate surface area is 161 Å². The van der Waals surface area contributed by atoms with Crippen LogP contribution in [0.2, 0.25) is 10.0 Å². The number of rotatable bonds is 5. The third-order valence-electron chi connectivity index (χ3n) is 3.92. The molecule has 26 heavy (non-hydrogen) atoms. The van der Waals surface area contributed by atoms with E-state index in [1.54, 1.807) is 25.1 Å². The molecule has 3 rings (SSSR count). The number of sulfonamides is 1. The number of halogens is 2. The Morgan fingerprint density at radius 1 is 1.12 bits per heavy atom. The Morgan fingerprint density at radius 3 is 2.54 bits per heavy atom. The molecule has 2 N–H and O–H groups in total. The van der Waals surface area contributed by atoms with Gasteiger partial charge in [-0.3, -0.25) is 0 Å². The van der Waals surface area contributed by atoms with Crippen molar-refractivity contribution in [2.45, 2.75) is 17.9 Å². The van der Waals surface area contributed by atoms with E-state index >= 15 is 0 Å². The molecular weight excluding hydrogens is 401 g/mol. The number of hydrogen-bond donors (Lipinski definition) is 2. The summed E-state index contributed by atoms with van der Waals surface area (Å²) in [5.74, 6) is 1.11. The van der Waals surface area contributed by atoms with Gasteiger partial charge >= 0.3 is 0 Å². The second kappa shape index (κ2) is 7.62. The Kier molecular flexibility index (Phi) is 5.64. The highest BCUT2D eigenvalue weighted by Crippen LogP contribution is 2.33. The molecule has 9 heteroatoms. The zero-order valence-corrected chi connectivity index (χ0v) is 16.2. The van der Waals surface area contributed by atoms with E-state index in [-0.39, 0.29) is 16.5 Å². The number of aliphatic hydroxyl groups excluding tert-OH is 1. The maximum absolute atomic E-state index is 12.5. The SMILES string of the molecule is Cc1cc(S(=O)(=O)NC[C@H](O)c2ccc3c(c2)OCCO3)c(Cl)cc1Cl. The lowest BCUT2D eigenvalue weighted by atomic mass is 10.1. The smallest absolute Gasteiger partial charge is 0.242 e. The lowest BCUT2D eigenvalue weighted by molar-refractivity contribution is 0.165. The van der Waals surface area contributed by atoms with E-state index in [1.165, 1.54) is 12.1 Å². The lowest BCUT2D eigenvalue weighted by Gasteiger charge is -2.20. The Morgan fingerprint density at radius 2 is 1.81 bits per heavy atom. The number of aryl methyl sites for hydroxylation is 1. The van der Waals surface area contributed by atoms with Crippen molar-refractivity contribution in [2.75, 3.05) is 19.8 Å². The minimum Gasteiger partial charge on any atom is -0.486 e. The van der Waals surface area contributed by atoms with Crippen LogP contribution in [-0.2, 0) is 10.0 Å². The summed E-state index contributed by atoms with van der Waals surface area (Å²) in [5.41, 5.74) is 1.10. The number of fused-ring (bicyclic) bond motifs is 1. The van der Waals surface area contributed by atoms with Crippen LogP contribution in [-0.4, -0.2) is 33.3 Å². The minimum atomic E-state index is -3.91. The van der Waals surface area contributed by atoms with E-state index in [4.69, 9.17) is 32.7 Å². The number of hydrogen-bond acceptors (Lipinski definition) is 5. The minimum absolute atomic E-state index is 0.0157. The Bertz CT molecular complexity index is 933. The molecule has 0 spiro atoms. The van der Waals surface area contributed by atoms with Crippen molar-refractivity contribution in [1.82, 2.24) is 4.72 Å². The second-order valence-corrected chi connectivity index (χ2v) is 8.35. The molecule has 6 nitrogen and oxygen atoms in total. The average Bonchev–Trinajstić information content (AvgIpc) is 2.62. The Hall–Kier alpha value is -1.51. The van der Waals surface area contributed by atoms with Gasteiger partial charge in [0.25, 0.3) is 0 Å². The van der Waals surface area contributed by atoms with Crippen molar-refractivity contribution in [3.8, 4) is 11.5 Å². The molecule has 0 fully saturated rings. The molecule has 0 unspecified atom stereocenters. The van der Waals surface area contributed by atoms with E-state index in [9.17, 15) is 13.5 Å². The van der Waals surface area contributed by atoms with E-state index in [2.05, 4.69) is 4.72 Å². The molecule has 0 radical (unpaired) electrons. The number of nitrogens with one attached hydrogen (secondary N) is 1. The summed E-state index contributed by atoms with van der Waals surface area (Å²) in [6.07, 6.45) is -1.06. The maximum Gasteiger partial charge on any atom is 0.242 e. The van der Waals surface area contributed by atoms with Gasteiger partial charge in [-0.2, -0.15) is 0 Å². The van der Waals surface area contributed by atoms with Gasteiger partial charge < -0.3 is 14.6 Å². The molecule has 0 saturated heterocycles. The third-order valence-corrected chi connectivity index (χ3v) is 6.22. The van der Waals surface area contributed by atoms with Gasteiger partial charge in [0.2, 0.25) is 10.0 Å². The first kappa shape index (κ1) is 19.3. The van der Waals surface area contributed by atoms with Crippen LogP contribution in [0.5, 0.6) is 11.5 Å². The van der Waals surface area contributed by atoms with E-state index in [1.807, 2.05) is 0 Å². The van der Waals surface area contributed by atoms with E-state index < -0.39 is 16.1 Å². The topological polar surface area (TPSA) is 84.9 Å². The van der Waals surface area contributed by atoms with Crippen LogP contribution >= 0.6 is 23.2 Å². The summed E-state index contributed by atoms with van der Waals surface area (Å²) in [4.78, 5) is -0.0876. The van der Waals surface area contributed by atoms with Gasteiger partial charge in [0.05, 0.1) is 11.1 Å². The Balaban J connectivity index is 1.74. The van der Waals surface area contributed by atoms with Crippen LogP contribution in [0, 0.1) is 6.92 Å². The molecule has 0 amide bonds. The fraction of sp³-hybridized carbons (Fsp3) is 0.294. The van der Waals surface area contributed by atoms with Crippen molar-refractivity contribution < 1.29 is 23.0 Å². The van der Waals surface area contributed by atoms with Crippen LogP contribution in [0.1, 0.15) is 17.2 Å². The van der Waals surface area contributed by atoms with Crippen molar-refractivity contribution in [3.05, 3.63) is 51.5 Å². The van der Waals surface area contributed by atoms with Crippen molar-refractivity contribution in [2.24, 2.45) is 0 Å². The molecule has 0 aliphatic carbocycles. The molecule has 2 aromatic rings. The normalized spacial score (nSPS) is 14.9. The molecule has 140 valence electrons. The van der Waals surface area contributed by atoms with E-state index in [0.717, 1.165) is 0 Å². The van der Waals surface area contributed by atoms with E-state index in [0.29, 0.717) is 40.9 Å². The molecule has 0 aromatic heterocycles. The zero-order chi connectivity index (χ0) is 18.9. The molecule has 0 bridgehead atoms. The van der Waals surface area contributed by atoms with Crippen LogP contribution in [0.15, 0.2) is 35.2 Å². The number of benzene rings is 2. The van der Waals surface area contributed by atoms with Gasteiger partial charge in [-0.05, 0) is 42.3 Å². The van der Waals surface area contributed by atoms with Gasteiger partial charge in [-0.1, -0.05) is 29.3 Å². The first-order chi connectivity index (χ1) is 12.3. The van der Waals surface area contributed by atoms with Crippen LogP contribution in [0.3, 0.4) is 0 Å². The van der Waals surface area contributed by atoms with Crippen molar-refractivity contribution in [3.63, 3.8) is 0 Å². The van der Waals surface area contributed by atoms with Crippen LogP contribution in [0.25, 0.3) is 0 Å². The third kappa shape index (κ3) is 4.07.